The molecule has 3 atom stereocenters. The number of carbonyl (C=O) groups excluding carboxylic acids is 1. The number of nitrogens with two attached hydrogens (primary N) is 1. The first-order chi connectivity index (χ1) is 9.84. The monoisotopic (exact) mass is 312 g/mol. The Morgan fingerprint density at radius 3 is 2.71 bits per heavy atom. The number of carbonyl (C=O) groups is 1. The maximum absolute atomic E-state index is 12.9. The van der Waals surface area contributed by atoms with Crippen molar-refractivity contribution in [3.05, 3.63) is 11.9 Å². The largest absolute Gasteiger partial charge is 0.368 e. The Hall–Kier alpha value is -1.41. The molecular formula is C13H20N4O3S. The Bertz CT molecular complexity index is 682. The van der Waals surface area contributed by atoms with Gasteiger partial charge in [-0.3, -0.25) is 9.48 Å². The zero-order valence-electron chi connectivity index (χ0n) is 12.2. The van der Waals surface area contributed by atoms with Gasteiger partial charge in [0.15, 0.2) is 0 Å². The lowest BCUT2D eigenvalue weighted by atomic mass is 9.94. The Balaban J connectivity index is 2.02. The number of fused-ring (bicyclic) bond motifs is 1. The normalized spacial score (nSPS) is 29.7. The summed E-state index contributed by atoms with van der Waals surface area (Å²) in [6.45, 7) is 2.09. The van der Waals surface area contributed by atoms with Crippen LogP contribution in [0, 0.1) is 18.8 Å². The molecule has 1 aliphatic heterocycles. The van der Waals surface area contributed by atoms with Crippen LogP contribution in [-0.2, 0) is 21.9 Å². The fourth-order valence-electron chi connectivity index (χ4n) is 3.72. The molecular weight excluding hydrogens is 292 g/mol. The van der Waals surface area contributed by atoms with Crippen molar-refractivity contribution >= 4 is 15.9 Å². The number of sulfonamides is 1. The van der Waals surface area contributed by atoms with Crippen LogP contribution >= 0.6 is 0 Å². The highest BCUT2D eigenvalue weighted by Crippen LogP contribution is 2.44. The molecule has 1 aromatic heterocycles. The van der Waals surface area contributed by atoms with Gasteiger partial charge in [-0.05, 0) is 31.6 Å². The third-order valence-electron chi connectivity index (χ3n) is 4.92. The number of aryl methyl sites for hydroxylation is 1. The summed E-state index contributed by atoms with van der Waals surface area (Å²) in [5.74, 6) is -0.238. The van der Waals surface area contributed by atoms with Gasteiger partial charge < -0.3 is 5.73 Å². The highest BCUT2D eigenvalue weighted by atomic mass is 32.2. The quantitative estimate of drug-likeness (QED) is 0.849. The van der Waals surface area contributed by atoms with Gasteiger partial charge in [-0.25, -0.2) is 8.42 Å². The van der Waals surface area contributed by atoms with E-state index < -0.39 is 22.0 Å². The molecule has 2 fully saturated rings. The molecule has 116 valence electrons. The summed E-state index contributed by atoms with van der Waals surface area (Å²) in [5, 5.41) is 3.99. The van der Waals surface area contributed by atoms with Gasteiger partial charge in [0.2, 0.25) is 15.9 Å². The summed E-state index contributed by atoms with van der Waals surface area (Å²) in [6.07, 6.45) is 4.22. The van der Waals surface area contributed by atoms with Crippen LogP contribution < -0.4 is 5.73 Å². The summed E-state index contributed by atoms with van der Waals surface area (Å²) < 4.78 is 28.6. The Morgan fingerprint density at radius 1 is 1.43 bits per heavy atom. The minimum atomic E-state index is -3.74. The zero-order chi connectivity index (χ0) is 15.4. The predicted octanol–water partition coefficient (Wildman–Crippen LogP) is 0.00302. The fourth-order valence-corrected chi connectivity index (χ4v) is 5.61. The van der Waals surface area contributed by atoms with E-state index in [1.807, 2.05) is 0 Å². The van der Waals surface area contributed by atoms with Crippen LogP contribution in [0.1, 0.15) is 25.0 Å². The van der Waals surface area contributed by atoms with Crippen LogP contribution in [0.4, 0.5) is 0 Å². The van der Waals surface area contributed by atoms with Crippen molar-refractivity contribution in [1.29, 1.82) is 0 Å². The van der Waals surface area contributed by atoms with E-state index in [-0.39, 0.29) is 16.7 Å². The second-order valence-electron chi connectivity index (χ2n) is 5.99. The average Bonchev–Trinajstić information content (AvgIpc) is 3.04. The van der Waals surface area contributed by atoms with Crippen LogP contribution in [0.25, 0.3) is 0 Å². The number of rotatable bonds is 3. The van der Waals surface area contributed by atoms with E-state index in [1.54, 1.807) is 14.0 Å². The lowest BCUT2D eigenvalue weighted by Gasteiger charge is -2.24. The molecule has 1 aliphatic carbocycles. The van der Waals surface area contributed by atoms with Crippen molar-refractivity contribution in [2.45, 2.75) is 37.1 Å². The Morgan fingerprint density at radius 2 is 2.14 bits per heavy atom. The van der Waals surface area contributed by atoms with Gasteiger partial charge in [0.05, 0.1) is 11.9 Å². The Labute approximate surface area is 124 Å². The maximum atomic E-state index is 12.9. The Kier molecular flexibility index (Phi) is 3.32. The summed E-state index contributed by atoms with van der Waals surface area (Å²) in [6, 6.07) is -0.720. The number of aromatic nitrogens is 2. The molecule has 2 N–H and O–H groups in total. The molecule has 0 unspecified atom stereocenters. The number of nitrogens with zero attached hydrogens (tertiary/aromatic N) is 3. The summed E-state index contributed by atoms with van der Waals surface area (Å²) >= 11 is 0. The zero-order valence-corrected chi connectivity index (χ0v) is 13.0. The number of hydrogen-bond acceptors (Lipinski definition) is 4. The smallest absolute Gasteiger partial charge is 0.247 e. The van der Waals surface area contributed by atoms with E-state index in [1.165, 1.54) is 15.2 Å². The minimum Gasteiger partial charge on any atom is -0.368 e. The van der Waals surface area contributed by atoms with Crippen LogP contribution in [0.2, 0.25) is 0 Å². The molecule has 0 radical (unpaired) electrons. The summed E-state index contributed by atoms with van der Waals surface area (Å²) in [5.41, 5.74) is 6.06. The molecule has 2 heterocycles. The molecule has 7 nitrogen and oxygen atoms in total. The fraction of sp³-hybridized carbons (Fsp3) is 0.692. The molecule has 8 heteroatoms. The van der Waals surface area contributed by atoms with Gasteiger partial charge >= 0.3 is 0 Å². The molecule has 1 aromatic rings. The second kappa shape index (κ2) is 4.81. The third kappa shape index (κ3) is 2.08. The third-order valence-corrected chi connectivity index (χ3v) is 6.87. The maximum Gasteiger partial charge on any atom is 0.247 e. The predicted molar refractivity (Wildman–Crippen MR) is 75.7 cm³/mol. The summed E-state index contributed by atoms with van der Waals surface area (Å²) in [4.78, 5) is 12.0. The van der Waals surface area contributed by atoms with Crippen molar-refractivity contribution in [3.8, 4) is 0 Å². The molecule has 1 saturated heterocycles. The van der Waals surface area contributed by atoms with E-state index >= 15 is 0 Å². The van der Waals surface area contributed by atoms with E-state index in [0.29, 0.717) is 12.2 Å². The molecule has 0 bridgehead atoms. The van der Waals surface area contributed by atoms with Crippen molar-refractivity contribution in [1.82, 2.24) is 14.1 Å². The SMILES string of the molecule is Cc1c(S(=O)(=O)N2C[C@@H]3CCC[C@@H]3[C@@H]2C(N)=O)cnn1C. The lowest BCUT2D eigenvalue weighted by molar-refractivity contribution is -0.122. The molecule has 21 heavy (non-hydrogen) atoms. The molecule has 0 aromatic carbocycles. The number of hydrogen-bond donors (Lipinski definition) is 1. The first-order valence-electron chi connectivity index (χ1n) is 7.14. The van der Waals surface area contributed by atoms with E-state index in [4.69, 9.17) is 5.73 Å². The van der Waals surface area contributed by atoms with Gasteiger partial charge in [-0.15, -0.1) is 0 Å². The van der Waals surface area contributed by atoms with Gasteiger partial charge in [0.1, 0.15) is 10.9 Å². The molecule has 2 aliphatic rings. The first kappa shape index (κ1) is 14.5. The van der Waals surface area contributed by atoms with E-state index in [0.717, 1.165) is 19.3 Å². The highest BCUT2D eigenvalue weighted by molar-refractivity contribution is 7.89. The van der Waals surface area contributed by atoms with Gasteiger partial charge in [0.25, 0.3) is 0 Å². The summed E-state index contributed by atoms with van der Waals surface area (Å²) in [7, 11) is -2.04. The number of amides is 1. The van der Waals surface area contributed by atoms with Crippen LogP contribution in [0.5, 0.6) is 0 Å². The van der Waals surface area contributed by atoms with Crippen LogP contribution in [0.15, 0.2) is 11.1 Å². The van der Waals surface area contributed by atoms with Crippen molar-refractivity contribution in [2.24, 2.45) is 24.6 Å². The molecule has 1 amide bonds. The van der Waals surface area contributed by atoms with Crippen molar-refractivity contribution < 1.29 is 13.2 Å². The minimum absolute atomic E-state index is 0.0641. The van der Waals surface area contributed by atoms with Gasteiger partial charge in [-0.2, -0.15) is 9.40 Å². The molecule has 0 spiro atoms. The first-order valence-corrected chi connectivity index (χ1v) is 8.58. The highest BCUT2D eigenvalue weighted by Gasteiger charge is 2.51. The molecule has 1 saturated carbocycles. The standard InChI is InChI=1S/C13H20N4O3S/c1-8-11(6-15-16(8)2)21(19,20)17-7-9-4-3-5-10(9)12(17)13(14)18/h6,9-10,12H,3-5,7H2,1-2H3,(H2,14,18)/t9-,10-,12+/m0/s1. The number of primary amides is 1. The second-order valence-corrected chi connectivity index (χ2v) is 7.85. The average molecular weight is 312 g/mol. The van der Waals surface area contributed by atoms with E-state index in [9.17, 15) is 13.2 Å². The van der Waals surface area contributed by atoms with Crippen molar-refractivity contribution in [3.63, 3.8) is 0 Å². The van der Waals surface area contributed by atoms with Crippen molar-refractivity contribution in [2.75, 3.05) is 6.54 Å². The van der Waals surface area contributed by atoms with Gasteiger partial charge in [0, 0.05) is 13.6 Å². The van der Waals surface area contributed by atoms with Crippen LogP contribution in [-0.4, -0.2) is 41.0 Å². The molecule has 3 rings (SSSR count). The van der Waals surface area contributed by atoms with Crippen LogP contribution in [0.3, 0.4) is 0 Å². The lowest BCUT2D eigenvalue weighted by Crippen LogP contribution is -2.46. The van der Waals surface area contributed by atoms with Gasteiger partial charge in [-0.1, -0.05) is 6.42 Å². The topological polar surface area (TPSA) is 98.3 Å². The van der Waals surface area contributed by atoms with E-state index in [2.05, 4.69) is 5.10 Å².